The largest absolute Gasteiger partial charge is 0.493 e. The van der Waals surface area contributed by atoms with Gasteiger partial charge in [-0.2, -0.15) is 10.1 Å². The van der Waals surface area contributed by atoms with Crippen LogP contribution in [0.5, 0.6) is 11.5 Å². The Morgan fingerprint density at radius 1 is 1.18 bits per heavy atom. The molecule has 1 aromatic carbocycles. The number of rotatable bonds is 6. The first-order chi connectivity index (χ1) is 13.2. The predicted molar refractivity (Wildman–Crippen MR) is 105 cm³/mol. The number of piperidine rings is 1. The summed E-state index contributed by atoms with van der Waals surface area (Å²) in [7, 11) is 3.25. The molecule has 1 fully saturated rings. The molecule has 150 valence electrons. The fraction of sp³-hybridized carbons (Fsp3) is 0.421. The minimum absolute atomic E-state index is 0. The molecule has 0 spiro atoms. The number of hydrogen-bond acceptors (Lipinski definition) is 7. The van der Waals surface area contributed by atoms with E-state index in [9.17, 15) is 0 Å². The summed E-state index contributed by atoms with van der Waals surface area (Å²) in [6, 6.07) is 7.71. The average molecular weight is 406 g/mol. The van der Waals surface area contributed by atoms with Crippen LogP contribution in [0.4, 0.5) is 0 Å². The van der Waals surface area contributed by atoms with Crippen LogP contribution in [0.3, 0.4) is 0 Å². The number of nitrogens with zero attached hydrogens (tertiary/aromatic N) is 4. The molecule has 2 aromatic heterocycles. The second kappa shape index (κ2) is 8.62. The number of methoxy groups -OCH3 is 2. The highest BCUT2D eigenvalue weighted by Crippen LogP contribution is 2.34. The van der Waals surface area contributed by atoms with E-state index in [0.717, 1.165) is 31.5 Å². The van der Waals surface area contributed by atoms with Crippen LogP contribution >= 0.6 is 12.4 Å². The molecule has 3 aromatic rings. The monoisotopic (exact) mass is 405 g/mol. The molecule has 1 N–H and O–H groups in total. The Morgan fingerprint density at radius 2 is 1.96 bits per heavy atom. The summed E-state index contributed by atoms with van der Waals surface area (Å²) in [6.45, 7) is 1.76. The van der Waals surface area contributed by atoms with Crippen molar-refractivity contribution in [2.24, 2.45) is 0 Å². The van der Waals surface area contributed by atoms with Gasteiger partial charge in [0, 0.05) is 18.8 Å². The SMILES string of the molecule is COc1ccc(Cc2noc(C3(n4cccn4)CCNCC3)n2)cc1OC.Cl. The molecule has 0 unspecified atom stereocenters. The van der Waals surface area contributed by atoms with Crippen LogP contribution in [0, 0.1) is 0 Å². The van der Waals surface area contributed by atoms with E-state index in [2.05, 4.69) is 15.6 Å². The molecule has 0 atom stereocenters. The molecule has 1 aliphatic heterocycles. The number of ether oxygens (including phenoxy) is 2. The highest BCUT2D eigenvalue weighted by atomic mass is 35.5. The Hall–Kier alpha value is -2.58. The van der Waals surface area contributed by atoms with Gasteiger partial charge in [0.25, 0.3) is 5.89 Å². The summed E-state index contributed by atoms with van der Waals surface area (Å²) >= 11 is 0. The van der Waals surface area contributed by atoms with Gasteiger partial charge in [-0.25, -0.2) is 0 Å². The molecule has 28 heavy (non-hydrogen) atoms. The van der Waals surface area contributed by atoms with E-state index >= 15 is 0 Å². The summed E-state index contributed by atoms with van der Waals surface area (Å²) in [6.07, 6.45) is 6.00. The molecule has 4 rings (SSSR count). The lowest BCUT2D eigenvalue weighted by atomic mass is 9.88. The third-order valence-electron chi connectivity index (χ3n) is 5.05. The summed E-state index contributed by atoms with van der Waals surface area (Å²) < 4.78 is 18.3. The highest BCUT2D eigenvalue weighted by Gasteiger charge is 2.41. The lowest BCUT2D eigenvalue weighted by molar-refractivity contribution is 0.172. The molecule has 0 aliphatic carbocycles. The summed E-state index contributed by atoms with van der Waals surface area (Å²) in [5.74, 6) is 2.64. The Morgan fingerprint density at radius 3 is 2.64 bits per heavy atom. The van der Waals surface area contributed by atoms with Crippen molar-refractivity contribution < 1.29 is 14.0 Å². The summed E-state index contributed by atoms with van der Waals surface area (Å²) in [5, 5.41) is 12.1. The maximum atomic E-state index is 5.70. The highest BCUT2D eigenvalue weighted by molar-refractivity contribution is 5.85. The molecular formula is C19H24ClN5O3. The summed E-state index contributed by atoms with van der Waals surface area (Å²) in [4.78, 5) is 4.72. The van der Waals surface area contributed by atoms with E-state index in [1.165, 1.54) is 0 Å². The van der Waals surface area contributed by atoms with Gasteiger partial charge in [0.15, 0.2) is 17.3 Å². The van der Waals surface area contributed by atoms with Gasteiger partial charge in [-0.15, -0.1) is 12.4 Å². The van der Waals surface area contributed by atoms with Gasteiger partial charge in [-0.1, -0.05) is 11.2 Å². The van der Waals surface area contributed by atoms with E-state index in [0.29, 0.717) is 29.6 Å². The second-order valence-corrected chi connectivity index (χ2v) is 6.61. The molecule has 0 radical (unpaired) electrons. The Bertz CT molecular complexity index is 891. The molecule has 9 heteroatoms. The minimum Gasteiger partial charge on any atom is -0.493 e. The van der Waals surface area contributed by atoms with Crippen molar-refractivity contribution in [1.29, 1.82) is 0 Å². The predicted octanol–water partition coefficient (Wildman–Crippen LogP) is 2.42. The van der Waals surface area contributed by atoms with Crippen LogP contribution < -0.4 is 14.8 Å². The molecule has 0 bridgehead atoms. The third-order valence-corrected chi connectivity index (χ3v) is 5.05. The molecule has 1 saturated heterocycles. The molecule has 3 heterocycles. The van der Waals surface area contributed by atoms with Crippen molar-refractivity contribution in [3.8, 4) is 11.5 Å². The van der Waals surface area contributed by atoms with Crippen molar-refractivity contribution in [1.82, 2.24) is 25.2 Å². The first kappa shape index (κ1) is 20.2. The van der Waals surface area contributed by atoms with Crippen LogP contribution in [0.2, 0.25) is 0 Å². The van der Waals surface area contributed by atoms with E-state index in [4.69, 9.17) is 19.0 Å². The molecule has 1 aliphatic rings. The van der Waals surface area contributed by atoms with E-state index in [1.54, 1.807) is 20.4 Å². The van der Waals surface area contributed by atoms with Crippen LogP contribution in [-0.4, -0.2) is 47.2 Å². The molecule has 8 nitrogen and oxygen atoms in total. The maximum Gasteiger partial charge on any atom is 0.254 e. The smallest absolute Gasteiger partial charge is 0.254 e. The molecule has 0 saturated carbocycles. The van der Waals surface area contributed by atoms with Crippen LogP contribution in [0.25, 0.3) is 0 Å². The van der Waals surface area contributed by atoms with Crippen molar-refractivity contribution >= 4 is 12.4 Å². The zero-order valence-electron chi connectivity index (χ0n) is 15.9. The summed E-state index contributed by atoms with van der Waals surface area (Å²) in [5.41, 5.74) is 0.635. The maximum absolute atomic E-state index is 5.70. The zero-order valence-corrected chi connectivity index (χ0v) is 16.7. The second-order valence-electron chi connectivity index (χ2n) is 6.61. The number of benzene rings is 1. The molecular weight excluding hydrogens is 382 g/mol. The number of halogens is 1. The Kier molecular flexibility index (Phi) is 6.21. The van der Waals surface area contributed by atoms with E-state index in [1.807, 2.05) is 35.1 Å². The number of hydrogen-bond donors (Lipinski definition) is 1. The third kappa shape index (κ3) is 3.70. The van der Waals surface area contributed by atoms with Gasteiger partial charge in [-0.3, -0.25) is 4.68 Å². The normalized spacial score (nSPS) is 15.6. The van der Waals surface area contributed by atoms with Gasteiger partial charge in [0.1, 0.15) is 5.54 Å². The Balaban J connectivity index is 0.00000225. The minimum atomic E-state index is -0.391. The first-order valence-electron chi connectivity index (χ1n) is 9.00. The number of aromatic nitrogens is 4. The number of nitrogens with one attached hydrogen (secondary N) is 1. The van der Waals surface area contributed by atoms with Crippen LogP contribution in [0.1, 0.15) is 30.1 Å². The van der Waals surface area contributed by atoms with Gasteiger partial charge in [-0.05, 0) is 49.7 Å². The van der Waals surface area contributed by atoms with Crippen molar-refractivity contribution in [2.45, 2.75) is 24.8 Å². The fourth-order valence-corrected chi connectivity index (χ4v) is 3.59. The van der Waals surface area contributed by atoms with Crippen molar-refractivity contribution in [2.75, 3.05) is 27.3 Å². The Labute approximate surface area is 169 Å². The standard InChI is InChI=1S/C19H23N5O3.ClH/c1-25-15-5-4-14(12-16(15)26-2)13-17-22-18(27-23-17)19(6-9-20-10-7-19)24-11-3-8-21-24;/h3-5,8,11-12,20H,6-7,9-10,13H2,1-2H3;1H. The van der Waals surface area contributed by atoms with Gasteiger partial charge in [0.05, 0.1) is 14.2 Å². The fourth-order valence-electron chi connectivity index (χ4n) is 3.59. The quantitative estimate of drug-likeness (QED) is 0.673. The first-order valence-corrected chi connectivity index (χ1v) is 9.00. The van der Waals surface area contributed by atoms with Crippen LogP contribution in [0.15, 0.2) is 41.2 Å². The molecule has 0 amide bonds. The zero-order chi connectivity index (χ0) is 18.7. The lowest BCUT2D eigenvalue weighted by Crippen LogP contribution is -2.45. The van der Waals surface area contributed by atoms with Crippen molar-refractivity contribution in [3.05, 3.63) is 53.9 Å². The lowest BCUT2D eigenvalue weighted by Gasteiger charge is -2.34. The van der Waals surface area contributed by atoms with Gasteiger partial charge >= 0.3 is 0 Å². The van der Waals surface area contributed by atoms with Crippen LogP contribution in [-0.2, 0) is 12.0 Å². The van der Waals surface area contributed by atoms with Crippen molar-refractivity contribution in [3.63, 3.8) is 0 Å². The van der Waals surface area contributed by atoms with Gasteiger partial charge < -0.3 is 19.3 Å². The van der Waals surface area contributed by atoms with Gasteiger partial charge in [0.2, 0.25) is 0 Å². The average Bonchev–Trinajstić information content (AvgIpc) is 3.41. The van der Waals surface area contributed by atoms with E-state index < -0.39 is 5.54 Å². The topological polar surface area (TPSA) is 87.2 Å². The van der Waals surface area contributed by atoms with E-state index in [-0.39, 0.29) is 12.4 Å².